The van der Waals surface area contributed by atoms with E-state index in [0.29, 0.717) is 17.5 Å². The highest BCUT2D eigenvalue weighted by atomic mass is 32.2. The summed E-state index contributed by atoms with van der Waals surface area (Å²) in [5.74, 6) is -0.526. The van der Waals surface area contributed by atoms with Gasteiger partial charge in [-0.25, -0.2) is 13.2 Å². The first-order chi connectivity index (χ1) is 20.1. The first-order valence-electron chi connectivity index (χ1n) is 13.9. The number of likely N-dealkylation sites (tertiary alicyclic amines) is 1. The lowest BCUT2D eigenvalue weighted by Crippen LogP contribution is -2.36. The van der Waals surface area contributed by atoms with Crippen LogP contribution in [0.15, 0.2) is 77.7 Å². The molecule has 7 nitrogen and oxygen atoms in total. The van der Waals surface area contributed by atoms with E-state index in [-0.39, 0.29) is 35.6 Å². The molecular formula is C32H35F3N2O5S. The van der Waals surface area contributed by atoms with Gasteiger partial charge in [-0.15, -0.1) is 0 Å². The molecule has 1 aliphatic heterocycles. The van der Waals surface area contributed by atoms with E-state index in [9.17, 15) is 31.2 Å². The van der Waals surface area contributed by atoms with Crippen LogP contribution >= 0.6 is 0 Å². The highest BCUT2D eigenvalue weighted by Crippen LogP contribution is 2.42. The Bertz CT molecular complexity index is 1550. The average Bonchev–Trinajstić information content (AvgIpc) is 3.41. The molecule has 1 aliphatic rings. The summed E-state index contributed by atoms with van der Waals surface area (Å²) in [4.78, 5) is 27.8. The third-order valence-corrected chi connectivity index (χ3v) is 9.06. The van der Waals surface area contributed by atoms with Crippen molar-refractivity contribution in [3.8, 4) is 0 Å². The lowest BCUT2D eigenvalue weighted by Gasteiger charge is -2.29. The number of carbonyl (C=O) groups is 2. The number of ether oxygens (including phenoxy) is 1. The fourth-order valence-corrected chi connectivity index (χ4v) is 5.87. The summed E-state index contributed by atoms with van der Waals surface area (Å²) < 4.78 is 68.9. The smallest absolute Gasteiger partial charge is 0.416 e. The minimum atomic E-state index is -4.43. The van der Waals surface area contributed by atoms with E-state index >= 15 is 0 Å². The molecule has 0 saturated carbocycles. The molecule has 3 aromatic rings. The number of benzene rings is 3. The Hall–Kier alpha value is -3.86. The molecule has 2 unspecified atom stereocenters. The summed E-state index contributed by atoms with van der Waals surface area (Å²) in [5.41, 5.74) is 1.14. The zero-order valence-electron chi connectivity index (χ0n) is 24.4. The van der Waals surface area contributed by atoms with Crippen LogP contribution in [-0.4, -0.2) is 43.2 Å². The second-order valence-corrected chi connectivity index (χ2v) is 13.8. The maximum absolute atomic E-state index is 13.2. The van der Waals surface area contributed by atoms with E-state index in [1.807, 2.05) is 0 Å². The highest BCUT2D eigenvalue weighted by Gasteiger charge is 2.39. The maximum Gasteiger partial charge on any atom is 0.416 e. The summed E-state index contributed by atoms with van der Waals surface area (Å²) in [5, 5.41) is 2.82. The van der Waals surface area contributed by atoms with Gasteiger partial charge in [0.25, 0.3) is 5.91 Å². The number of sulfone groups is 1. The van der Waals surface area contributed by atoms with Crippen LogP contribution in [0.2, 0.25) is 0 Å². The van der Waals surface area contributed by atoms with Crippen LogP contribution in [-0.2, 0) is 27.3 Å². The second kappa shape index (κ2) is 12.4. The van der Waals surface area contributed by atoms with Gasteiger partial charge in [-0.2, -0.15) is 13.2 Å². The van der Waals surface area contributed by atoms with Crippen LogP contribution in [0.1, 0.15) is 78.7 Å². The van der Waals surface area contributed by atoms with Gasteiger partial charge in [-0.05, 0) is 80.3 Å². The quantitative estimate of drug-likeness (QED) is 0.312. The molecule has 3 aromatic carbocycles. The summed E-state index contributed by atoms with van der Waals surface area (Å²) in [6, 6.07) is 17.8. The van der Waals surface area contributed by atoms with E-state index in [4.69, 9.17) is 4.74 Å². The SMILES string of the molecule is CCS(=O)(=O)c1ccc(CNC(=O)c2ccc(C3CC(c4ccc(C(F)(F)F)cc4)CN3C(=O)OC(C)(C)C)cc2)cc1. The van der Waals surface area contributed by atoms with Gasteiger partial charge in [-0.3, -0.25) is 4.79 Å². The van der Waals surface area contributed by atoms with Crippen molar-refractivity contribution in [3.05, 3.63) is 101 Å². The monoisotopic (exact) mass is 616 g/mol. The van der Waals surface area contributed by atoms with Crippen LogP contribution in [0.4, 0.5) is 18.0 Å². The molecule has 0 radical (unpaired) electrons. The number of nitrogens with zero attached hydrogens (tertiary/aromatic N) is 1. The Balaban J connectivity index is 1.48. The van der Waals surface area contributed by atoms with E-state index in [2.05, 4.69) is 5.32 Å². The molecule has 1 saturated heterocycles. The number of rotatable bonds is 7. The highest BCUT2D eigenvalue weighted by molar-refractivity contribution is 7.91. The second-order valence-electron chi connectivity index (χ2n) is 11.6. The molecule has 11 heteroatoms. The molecule has 43 heavy (non-hydrogen) atoms. The van der Waals surface area contributed by atoms with Crippen LogP contribution in [0.5, 0.6) is 0 Å². The Morgan fingerprint density at radius 1 is 0.907 bits per heavy atom. The minimum absolute atomic E-state index is 0.00514. The predicted octanol–water partition coefficient (Wildman–Crippen LogP) is 6.89. The zero-order valence-corrected chi connectivity index (χ0v) is 25.3. The van der Waals surface area contributed by atoms with Crippen molar-refractivity contribution >= 4 is 21.8 Å². The van der Waals surface area contributed by atoms with Crippen molar-refractivity contribution < 1.29 is 35.9 Å². The topological polar surface area (TPSA) is 92.8 Å². The van der Waals surface area contributed by atoms with Crippen molar-refractivity contribution in [1.29, 1.82) is 0 Å². The molecule has 1 heterocycles. The Morgan fingerprint density at radius 3 is 2.02 bits per heavy atom. The predicted molar refractivity (Wildman–Crippen MR) is 156 cm³/mol. The number of carbonyl (C=O) groups excluding carboxylic acids is 2. The molecule has 4 rings (SSSR count). The van der Waals surface area contributed by atoms with E-state index in [1.165, 1.54) is 24.3 Å². The standard InChI is InChI=1S/C32H35F3N2O5S/c1-5-43(40,41)27-16-6-21(7-17-27)19-36-29(38)24-10-8-23(9-11-24)28-18-25(20-37(28)30(39)42-31(2,3)4)22-12-14-26(15-13-22)32(33,34)35/h6-17,25,28H,5,18-20H2,1-4H3,(H,36,38). The lowest BCUT2D eigenvalue weighted by molar-refractivity contribution is -0.137. The van der Waals surface area contributed by atoms with Gasteiger partial charge in [-0.1, -0.05) is 43.3 Å². The lowest BCUT2D eigenvalue weighted by atomic mass is 9.93. The van der Waals surface area contributed by atoms with Crippen LogP contribution in [0.3, 0.4) is 0 Å². The molecule has 0 spiro atoms. The van der Waals surface area contributed by atoms with E-state index < -0.39 is 39.3 Å². The van der Waals surface area contributed by atoms with Gasteiger partial charge >= 0.3 is 12.3 Å². The normalized spacial score (nSPS) is 17.5. The molecule has 0 aromatic heterocycles. The summed E-state index contributed by atoms with van der Waals surface area (Å²) in [7, 11) is -3.31. The van der Waals surface area contributed by atoms with Crippen molar-refractivity contribution in [3.63, 3.8) is 0 Å². The van der Waals surface area contributed by atoms with Gasteiger partial charge in [0.1, 0.15) is 5.60 Å². The summed E-state index contributed by atoms with van der Waals surface area (Å²) >= 11 is 0. The van der Waals surface area contributed by atoms with Gasteiger partial charge in [0.15, 0.2) is 9.84 Å². The Kier molecular flexibility index (Phi) is 9.24. The first-order valence-corrected chi connectivity index (χ1v) is 15.6. The molecule has 1 fully saturated rings. The molecular weight excluding hydrogens is 581 g/mol. The summed E-state index contributed by atoms with van der Waals surface area (Å²) in [6.07, 6.45) is -4.48. The molecule has 2 atom stereocenters. The van der Waals surface area contributed by atoms with Crippen molar-refractivity contribution in [2.45, 2.75) is 69.3 Å². The van der Waals surface area contributed by atoms with Crippen molar-refractivity contribution in [1.82, 2.24) is 10.2 Å². The fourth-order valence-electron chi connectivity index (χ4n) is 4.98. The Morgan fingerprint density at radius 2 is 1.49 bits per heavy atom. The largest absolute Gasteiger partial charge is 0.444 e. The summed E-state index contributed by atoms with van der Waals surface area (Å²) in [6.45, 7) is 7.34. The van der Waals surface area contributed by atoms with Gasteiger partial charge < -0.3 is 15.0 Å². The van der Waals surface area contributed by atoms with Gasteiger partial charge in [0, 0.05) is 24.6 Å². The third kappa shape index (κ3) is 7.95. The molecule has 230 valence electrons. The molecule has 1 N–H and O–H groups in total. The number of nitrogens with one attached hydrogen (secondary N) is 1. The maximum atomic E-state index is 13.2. The first kappa shape index (κ1) is 32.1. The van der Waals surface area contributed by atoms with Crippen LogP contribution in [0.25, 0.3) is 0 Å². The number of hydrogen-bond donors (Lipinski definition) is 1. The van der Waals surface area contributed by atoms with E-state index in [1.54, 1.807) is 69.0 Å². The van der Waals surface area contributed by atoms with Crippen molar-refractivity contribution in [2.75, 3.05) is 12.3 Å². The van der Waals surface area contributed by atoms with Gasteiger partial charge in [0.2, 0.25) is 0 Å². The number of hydrogen-bond acceptors (Lipinski definition) is 5. The van der Waals surface area contributed by atoms with Crippen LogP contribution < -0.4 is 5.32 Å². The molecule has 0 bridgehead atoms. The third-order valence-electron chi connectivity index (χ3n) is 7.31. The fraction of sp³-hybridized carbons (Fsp3) is 0.375. The minimum Gasteiger partial charge on any atom is -0.444 e. The van der Waals surface area contributed by atoms with Gasteiger partial charge in [0.05, 0.1) is 22.3 Å². The average molecular weight is 617 g/mol. The Labute approximate surface area is 250 Å². The van der Waals surface area contributed by atoms with Crippen LogP contribution in [0, 0.1) is 0 Å². The van der Waals surface area contributed by atoms with Crippen molar-refractivity contribution in [2.24, 2.45) is 0 Å². The zero-order chi connectivity index (χ0) is 31.6. The molecule has 2 amide bonds. The number of alkyl halides is 3. The number of halogens is 3. The number of amides is 2. The van der Waals surface area contributed by atoms with E-state index in [0.717, 1.165) is 23.3 Å². The molecule has 0 aliphatic carbocycles.